The van der Waals surface area contributed by atoms with Gasteiger partial charge in [0.15, 0.2) is 0 Å². The fraction of sp³-hybridized carbons (Fsp3) is 0.636. The van der Waals surface area contributed by atoms with E-state index in [1.165, 1.54) is 0 Å². The van der Waals surface area contributed by atoms with Gasteiger partial charge in [0.2, 0.25) is 0 Å². The third-order valence-electron chi connectivity index (χ3n) is 3.35. The van der Waals surface area contributed by atoms with Crippen molar-refractivity contribution in [2.45, 2.75) is 25.3 Å². The molecule has 5 N–H and O–H groups in total. The number of anilines is 2. The largest absolute Gasteiger partial charge is 0.464 e. The molecule has 0 bridgehead atoms. The van der Waals surface area contributed by atoms with Crippen molar-refractivity contribution >= 4 is 17.6 Å². The summed E-state index contributed by atoms with van der Waals surface area (Å²) in [5.74, 6) is 0.937. The Morgan fingerprint density at radius 3 is 2.95 bits per heavy atom. The van der Waals surface area contributed by atoms with Crippen molar-refractivity contribution in [2.24, 2.45) is 7.05 Å². The average Bonchev–Trinajstić information content (AvgIpc) is 2.58. The summed E-state index contributed by atoms with van der Waals surface area (Å²) in [7, 11) is 1.87. The molecule has 8 nitrogen and oxygen atoms in total. The van der Waals surface area contributed by atoms with Gasteiger partial charge < -0.3 is 15.7 Å². The van der Waals surface area contributed by atoms with Crippen molar-refractivity contribution in [3.8, 4) is 0 Å². The Morgan fingerprint density at radius 2 is 2.32 bits per heavy atom. The van der Waals surface area contributed by atoms with E-state index in [1.807, 2.05) is 7.05 Å². The van der Waals surface area contributed by atoms with Gasteiger partial charge in [-0.1, -0.05) is 0 Å². The van der Waals surface area contributed by atoms with Crippen LogP contribution in [0, 0.1) is 0 Å². The molecule has 8 heteroatoms. The minimum absolute atomic E-state index is 0.149. The first-order chi connectivity index (χ1) is 9.08. The van der Waals surface area contributed by atoms with Crippen LogP contribution in [0.4, 0.5) is 16.3 Å². The molecule has 1 aromatic heterocycles. The second kappa shape index (κ2) is 5.79. The summed E-state index contributed by atoms with van der Waals surface area (Å²) >= 11 is 0. The lowest BCUT2D eigenvalue weighted by Crippen LogP contribution is -2.44. The van der Waals surface area contributed by atoms with Gasteiger partial charge in [0.05, 0.1) is 11.9 Å². The van der Waals surface area contributed by atoms with Crippen molar-refractivity contribution < 1.29 is 9.90 Å². The molecule has 2 rings (SSSR count). The van der Waals surface area contributed by atoms with E-state index in [9.17, 15) is 4.79 Å². The van der Waals surface area contributed by atoms with E-state index in [0.29, 0.717) is 5.69 Å². The van der Waals surface area contributed by atoms with Crippen LogP contribution in [0.3, 0.4) is 0 Å². The fourth-order valence-corrected chi connectivity index (χ4v) is 2.45. The minimum Gasteiger partial charge on any atom is -0.464 e. The van der Waals surface area contributed by atoms with Crippen molar-refractivity contribution in [1.82, 2.24) is 20.6 Å². The molecule has 0 saturated carbocycles. The Hall–Kier alpha value is -1.96. The molecule has 0 aliphatic carbocycles. The molecule has 1 atom stereocenters. The van der Waals surface area contributed by atoms with Crippen LogP contribution < -0.4 is 21.5 Å². The first kappa shape index (κ1) is 13.5. The fourth-order valence-electron chi connectivity index (χ4n) is 2.45. The van der Waals surface area contributed by atoms with E-state index in [4.69, 9.17) is 10.8 Å². The predicted molar refractivity (Wildman–Crippen MR) is 71.8 cm³/mol. The first-order valence-electron chi connectivity index (χ1n) is 6.35. The number of aryl methyl sites for hydroxylation is 1. The predicted octanol–water partition coefficient (Wildman–Crippen LogP) is 0.133. The lowest BCUT2D eigenvalue weighted by molar-refractivity contribution is 0.185. The van der Waals surface area contributed by atoms with Crippen molar-refractivity contribution in [3.63, 3.8) is 0 Å². The number of amides is 1. The van der Waals surface area contributed by atoms with Gasteiger partial charge in [0.25, 0.3) is 0 Å². The van der Waals surface area contributed by atoms with Crippen LogP contribution >= 0.6 is 0 Å². The number of nitrogens with zero attached hydrogens (tertiary/aromatic N) is 3. The van der Waals surface area contributed by atoms with Gasteiger partial charge in [-0.2, -0.15) is 5.10 Å². The standard InChI is InChI=1S/C11H20N6O2/c1-16-10(9(12)7-13-16)17-5-2-3-8(4-6-17)14-15-11(18)19/h7-8,14-15H,2-6,12H2,1H3,(H,18,19). The zero-order chi connectivity index (χ0) is 13.8. The summed E-state index contributed by atoms with van der Waals surface area (Å²) in [5.41, 5.74) is 11.7. The molecule has 1 aliphatic rings. The van der Waals surface area contributed by atoms with Crippen LogP contribution in [0.25, 0.3) is 0 Å². The Kier molecular flexibility index (Phi) is 4.10. The first-order valence-corrected chi connectivity index (χ1v) is 6.35. The van der Waals surface area contributed by atoms with Crippen molar-refractivity contribution in [3.05, 3.63) is 6.20 Å². The summed E-state index contributed by atoms with van der Waals surface area (Å²) in [4.78, 5) is 12.7. The van der Waals surface area contributed by atoms with Gasteiger partial charge >= 0.3 is 6.09 Å². The number of nitrogens with two attached hydrogens (primary N) is 1. The molecule has 19 heavy (non-hydrogen) atoms. The third kappa shape index (κ3) is 3.28. The van der Waals surface area contributed by atoms with Gasteiger partial charge in [-0.15, -0.1) is 0 Å². The smallest absolute Gasteiger partial charge is 0.419 e. The van der Waals surface area contributed by atoms with Crippen molar-refractivity contribution in [1.29, 1.82) is 0 Å². The van der Waals surface area contributed by atoms with Gasteiger partial charge in [0.1, 0.15) is 5.82 Å². The average molecular weight is 268 g/mol. The molecule has 1 fully saturated rings. The van der Waals surface area contributed by atoms with Gasteiger partial charge in [0, 0.05) is 26.2 Å². The molecule has 1 saturated heterocycles. The lowest BCUT2D eigenvalue weighted by Gasteiger charge is -2.23. The van der Waals surface area contributed by atoms with E-state index in [1.54, 1.807) is 10.9 Å². The summed E-state index contributed by atoms with van der Waals surface area (Å²) in [5, 5.41) is 12.7. The Morgan fingerprint density at radius 1 is 1.53 bits per heavy atom. The van der Waals surface area contributed by atoms with Crippen LogP contribution in [0.2, 0.25) is 0 Å². The van der Waals surface area contributed by atoms with Crippen LogP contribution in [0.15, 0.2) is 6.20 Å². The van der Waals surface area contributed by atoms with E-state index in [0.717, 1.165) is 38.2 Å². The number of nitrogens with one attached hydrogen (secondary N) is 2. The van der Waals surface area contributed by atoms with Gasteiger partial charge in [-0.25, -0.2) is 10.2 Å². The maximum atomic E-state index is 10.5. The minimum atomic E-state index is -1.06. The monoisotopic (exact) mass is 268 g/mol. The van der Waals surface area contributed by atoms with Gasteiger partial charge in [-0.05, 0) is 19.3 Å². The lowest BCUT2D eigenvalue weighted by atomic mass is 10.1. The summed E-state index contributed by atoms with van der Waals surface area (Å²) in [6.07, 6.45) is 3.35. The number of nitrogen functional groups attached to an aromatic ring is 1. The molecule has 0 aromatic carbocycles. The van der Waals surface area contributed by atoms with E-state index < -0.39 is 6.09 Å². The summed E-state index contributed by atoms with van der Waals surface area (Å²) in [6, 6.07) is 0.149. The van der Waals surface area contributed by atoms with E-state index in [-0.39, 0.29) is 6.04 Å². The number of hydrogen-bond acceptors (Lipinski definition) is 5. The molecular weight excluding hydrogens is 248 g/mol. The number of aromatic nitrogens is 2. The highest BCUT2D eigenvalue weighted by atomic mass is 16.4. The molecular formula is C11H20N6O2. The zero-order valence-corrected chi connectivity index (χ0v) is 11.0. The molecule has 1 amide bonds. The summed E-state index contributed by atoms with van der Waals surface area (Å²) in [6.45, 7) is 1.72. The number of hydrazine groups is 1. The van der Waals surface area contributed by atoms with Crippen LogP contribution in [0.5, 0.6) is 0 Å². The molecule has 1 aliphatic heterocycles. The Bertz CT molecular complexity index is 427. The van der Waals surface area contributed by atoms with E-state index in [2.05, 4.69) is 20.9 Å². The van der Waals surface area contributed by atoms with Crippen LogP contribution in [-0.4, -0.2) is 40.1 Å². The normalized spacial score (nSPS) is 20.1. The molecule has 106 valence electrons. The molecule has 1 aromatic rings. The molecule has 2 heterocycles. The maximum absolute atomic E-state index is 10.5. The number of carboxylic acid groups (broad SMARTS) is 1. The van der Waals surface area contributed by atoms with Crippen LogP contribution in [0.1, 0.15) is 19.3 Å². The quantitative estimate of drug-likeness (QED) is 0.580. The molecule has 1 unspecified atom stereocenters. The topological polar surface area (TPSA) is 108 Å². The SMILES string of the molecule is Cn1ncc(N)c1N1CCCC(NNC(=O)O)CC1. The maximum Gasteiger partial charge on any atom is 0.419 e. The second-order valence-electron chi connectivity index (χ2n) is 4.74. The molecule has 0 radical (unpaired) electrons. The van der Waals surface area contributed by atoms with Crippen molar-refractivity contribution in [2.75, 3.05) is 23.7 Å². The Balaban J connectivity index is 1.95. The van der Waals surface area contributed by atoms with E-state index >= 15 is 0 Å². The second-order valence-corrected chi connectivity index (χ2v) is 4.74. The Labute approximate surface area is 111 Å². The number of carbonyl (C=O) groups is 1. The highest BCUT2D eigenvalue weighted by Crippen LogP contribution is 2.24. The number of rotatable bonds is 3. The highest BCUT2D eigenvalue weighted by Gasteiger charge is 2.20. The number of hydrogen-bond donors (Lipinski definition) is 4. The highest BCUT2D eigenvalue weighted by molar-refractivity contribution is 5.63. The molecule has 0 spiro atoms. The summed E-state index contributed by atoms with van der Waals surface area (Å²) < 4.78 is 1.78. The third-order valence-corrected chi connectivity index (χ3v) is 3.35. The zero-order valence-electron chi connectivity index (χ0n) is 11.0. The van der Waals surface area contributed by atoms with Crippen LogP contribution in [-0.2, 0) is 7.05 Å². The van der Waals surface area contributed by atoms with Gasteiger partial charge in [-0.3, -0.25) is 10.1 Å².